The van der Waals surface area contributed by atoms with E-state index in [9.17, 15) is 13.2 Å². The van der Waals surface area contributed by atoms with Crippen LogP contribution >= 0.6 is 0 Å². The van der Waals surface area contributed by atoms with Crippen molar-refractivity contribution in [2.45, 2.75) is 44.4 Å². The Morgan fingerprint density at radius 3 is 2.44 bits per heavy atom. The Morgan fingerprint density at radius 2 is 1.78 bits per heavy atom. The molecule has 2 aromatic rings. The lowest BCUT2D eigenvalue weighted by Crippen LogP contribution is -2.33. The third-order valence-corrected chi connectivity index (χ3v) is 6.19. The van der Waals surface area contributed by atoms with E-state index in [1.165, 1.54) is 5.56 Å². The van der Waals surface area contributed by atoms with Crippen LogP contribution in [0.15, 0.2) is 53.4 Å². The van der Waals surface area contributed by atoms with Gasteiger partial charge in [0.1, 0.15) is 0 Å². The molecule has 2 N–H and O–H groups in total. The third kappa shape index (κ3) is 6.19. The minimum Gasteiger partial charge on any atom is -0.355 e. The molecule has 0 aliphatic rings. The predicted molar refractivity (Wildman–Crippen MR) is 108 cm³/mol. The molecule has 146 valence electrons. The molecule has 0 saturated carbocycles. The molecule has 0 saturated heterocycles. The van der Waals surface area contributed by atoms with E-state index < -0.39 is 10.0 Å². The van der Waals surface area contributed by atoms with Crippen molar-refractivity contribution in [2.75, 3.05) is 13.1 Å². The first-order chi connectivity index (χ1) is 12.8. The number of carbonyl (C=O) groups is 1. The summed E-state index contributed by atoms with van der Waals surface area (Å²) in [6.45, 7) is 6.31. The molecule has 0 aliphatic carbocycles. The summed E-state index contributed by atoms with van der Waals surface area (Å²) in [6.07, 6.45) is 1.03. The zero-order chi connectivity index (χ0) is 19.9. The highest BCUT2D eigenvalue weighted by molar-refractivity contribution is 7.89. The summed E-state index contributed by atoms with van der Waals surface area (Å²) in [5, 5.41) is 2.90. The Hall–Kier alpha value is -2.18. The van der Waals surface area contributed by atoms with Gasteiger partial charge in [-0.2, -0.15) is 0 Å². The van der Waals surface area contributed by atoms with Gasteiger partial charge in [0.05, 0.1) is 4.90 Å². The van der Waals surface area contributed by atoms with Crippen LogP contribution in [0.3, 0.4) is 0 Å². The molecule has 1 atom stereocenters. The average molecular weight is 389 g/mol. The number of amides is 1. The molecule has 0 fully saturated rings. The number of carbonyl (C=O) groups excluding carboxylic acids is 1. The average Bonchev–Trinajstić information content (AvgIpc) is 2.65. The Balaban J connectivity index is 1.84. The van der Waals surface area contributed by atoms with Crippen molar-refractivity contribution in [1.82, 2.24) is 10.0 Å². The van der Waals surface area contributed by atoms with Gasteiger partial charge >= 0.3 is 0 Å². The van der Waals surface area contributed by atoms with Crippen LogP contribution in [-0.4, -0.2) is 27.4 Å². The number of sulfonamides is 1. The van der Waals surface area contributed by atoms with Crippen molar-refractivity contribution in [3.05, 3.63) is 65.2 Å². The lowest BCUT2D eigenvalue weighted by Gasteiger charge is -2.16. The van der Waals surface area contributed by atoms with Crippen LogP contribution in [0.25, 0.3) is 0 Å². The van der Waals surface area contributed by atoms with Crippen LogP contribution in [-0.2, 0) is 14.8 Å². The smallest absolute Gasteiger partial charge is 0.240 e. The van der Waals surface area contributed by atoms with Crippen molar-refractivity contribution in [1.29, 1.82) is 0 Å². The maximum Gasteiger partial charge on any atom is 0.240 e. The number of hydrogen-bond acceptors (Lipinski definition) is 3. The maximum atomic E-state index is 12.4. The van der Waals surface area contributed by atoms with E-state index in [2.05, 4.69) is 29.1 Å². The van der Waals surface area contributed by atoms with E-state index in [-0.39, 0.29) is 29.7 Å². The monoisotopic (exact) mass is 388 g/mol. The van der Waals surface area contributed by atoms with Gasteiger partial charge in [0.15, 0.2) is 0 Å². The fourth-order valence-corrected chi connectivity index (χ4v) is 4.28. The number of benzene rings is 2. The summed E-state index contributed by atoms with van der Waals surface area (Å²) in [5.74, 6) is 0.0924. The largest absolute Gasteiger partial charge is 0.355 e. The highest BCUT2D eigenvalue weighted by Gasteiger charge is 2.17. The highest BCUT2D eigenvalue weighted by atomic mass is 32.2. The Labute approximate surface area is 162 Å². The highest BCUT2D eigenvalue weighted by Crippen LogP contribution is 2.18. The van der Waals surface area contributed by atoms with Gasteiger partial charge in [0.25, 0.3) is 0 Å². The third-order valence-electron chi connectivity index (χ3n) is 4.59. The zero-order valence-corrected chi connectivity index (χ0v) is 17.0. The van der Waals surface area contributed by atoms with Crippen molar-refractivity contribution in [3.63, 3.8) is 0 Å². The molecular weight excluding hydrogens is 360 g/mol. The molecule has 2 rings (SSSR count). The van der Waals surface area contributed by atoms with Crippen molar-refractivity contribution in [2.24, 2.45) is 0 Å². The normalized spacial score (nSPS) is 12.6. The van der Waals surface area contributed by atoms with Crippen molar-refractivity contribution in [3.8, 4) is 0 Å². The molecule has 6 heteroatoms. The Kier molecular flexibility index (Phi) is 7.56. The van der Waals surface area contributed by atoms with E-state index in [0.717, 1.165) is 12.0 Å². The summed E-state index contributed by atoms with van der Waals surface area (Å²) in [4.78, 5) is 12.4. The van der Waals surface area contributed by atoms with Gasteiger partial charge < -0.3 is 5.32 Å². The molecule has 27 heavy (non-hydrogen) atoms. The summed E-state index contributed by atoms with van der Waals surface area (Å²) in [7, 11) is -3.62. The number of hydrogen-bond donors (Lipinski definition) is 2. The van der Waals surface area contributed by atoms with E-state index >= 15 is 0 Å². The second-order valence-corrected chi connectivity index (χ2v) is 8.47. The molecule has 2 aromatic carbocycles. The maximum absolute atomic E-state index is 12.4. The molecule has 1 unspecified atom stereocenters. The first-order valence-corrected chi connectivity index (χ1v) is 10.7. The predicted octanol–water partition coefficient (Wildman–Crippen LogP) is 3.28. The Bertz CT molecular complexity index is 864. The van der Waals surface area contributed by atoms with E-state index in [1.807, 2.05) is 31.2 Å². The lowest BCUT2D eigenvalue weighted by molar-refractivity contribution is -0.121. The minimum atomic E-state index is -3.62. The Morgan fingerprint density at radius 1 is 1.07 bits per heavy atom. The summed E-state index contributed by atoms with van der Waals surface area (Å²) < 4.78 is 27.4. The van der Waals surface area contributed by atoms with Crippen molar-refractivity contribution >= 4 is 15.9 Å². The van der Waals surface area contributed by atoms with Gasteiger partial charge in [0, 0.05) is 25.4 Å². The van der Waals surface area contributed by atoms with Crippen LogP contribution in [0, 0.1) is 13.8 Å². The summed E-state index contributed by atoms with van der Waals surface area (Å²) >= 11 is 0. The van der Waals surface area contributed by atoms with E-state index in [4.69, 9.17) is 0 Å². The number of nitrogens with one attached hydrogen (secondary N) is 2. The molecular formula is C21H28N2O3S. The van der Waals surface area contributed by atoms with Gasteiger partial charge in [-0.3, -0.25) is 4.79 Å². The molecule has 0 spiro atoms. The van der Waals surface area contributed by atoms with Crippen molar-refractivity contribution < 1.29 is 13.2 Å². The lowest BCUT2D eigenvalue weighted by atomic mass is 9.96. The van der Waals surface area contributed by atoms with Crippen LogP contribution < -0.4 is 10.0 Å². The van der Waals surface area contributed by atoms with Gasteiger partial charge in [0.2, 0.25) is 15.9 Å². The van der Waals surface area contributed by atoms with E-state index in [1.54, 1.807) is 19.1 Å². The first-order valence-electron chi connectivity index (χ1n) is 9.22. The SMILES string of the molecule is CCC(CNC(=O)CCNS(=O)(=O)c1cc(C)ccc1C)c1ccccc1. The van der Waals surface area contributed by atoms with Crippen LogP contribution in [0.1, 0.15) is 42.4 Å². The number of aryl methyl sites for hydroxylation is 2. The second-order valence-electron chi connectivity index (χ2n) is 6.74. The standard InChI is InChI=1S/C21H28N2O3S/c1-4-18(19-8-6-5-7-9-19)15-22-21(24)12-13-23-27(25,26)20-14-16(2)10-11-17(20)3/h5-11,14,18,23H,4,12-13,15H2,1-3H3,(H,22,24). The van der Waals surface area contributed by atoms with Gasteiger partial charge in [-0.05, 0) is 43.0 Å². The summed E-state index contributed by atoms with van der Waals surface area (Å²) in [5.41, 5.74) is 2.76. The van der Waals surface area contributed by atoms with Crippen LogP contribution in [0.4, 0.5) is 0 Å². The first kappa shape index (κ1) is 21.1. The second kappa shape index (κ2) is 9.67. The number of rotatable bonds is 9. The summed E-state index contributed by atoms with van der Waals surface area (Å²) in [6, 6.07) is 15.4. The zero-order valence-electron chi connectivity index (χ0n) is 16.2. The minimum absolute atomic E-state index is 0.0731. The van der Waals surface area contributed by atoms with E-state index in [0.29, 0.717) is 12.1 Å². The molecule has 0 bridgehead atoms. The van der Waals surface area contributed by atoms with Crippen LogP contribution in [0.2, 0.25) is 0 Å². The molecule has 5 nitrogen and oxygen atoms in total. The molecule has 0 aliphatic heterocycles. The molecule has 0 aromatic heterocycles. The van der Waals surface area contributed by atoms with Gasteiger partial charge in [-0.25, -0.2) is 13.1 Å². The van der Waals surface area contributed by atoms with Crippen LogP contribution in [0.5, 0.6) is 0 Å². The quantitative estimate of drug-likeness (QED) is 0.692. The van der Waals surface area contributed by atoms with Gasteiger partial charge in [-0.15, -0.1) is 0 Å². The topological polar surface area (TPSA) is 75.3 Å². The van der Waals surface area contributed by atoms with Gasteiger partial charge in [-0.1, -0.05) is 49.4 Å². The molecule has 0 radical (unpaired) electrons. The fourth-order valence-electron chi connectivity index (χ4n) is 2.92. The molecule has 1 amide bonds. The fraction of sp³-hybridized carbons (Fsp3) is 0.381. The molecule has 0 heterocycles.